The lowest BCUT2D eigenvalue weighted by Crippen LogP contribution is -2.50. The van der Waals surface area contributed by atoms with Crippen LogP contribution in [0.1, 0.15) is 15.2 Å². The van der Waals surface area contributed by atoms with Crippen molar-refractivity contribution in [1.29, 1.82) is 0 Å². The molecule has 0 bridgehead atoms. The third-order valence-electron chi connectivity index (χ3n) is 5.12. The molecular weight excluding hydrogens is 438 g/mol. The summed E-state index contributed by atoms with van der Waals surface area (Å²) in [5, 5.41) is 3.38. The Morgan fingerprint density at radius 1 is 1.00 bits per heavy atom. The Morgan fingerprint density at radius 3 is 2.22 bits per heavy atom. The minimum Gasteiger partial charge on any atom is -0.382 e. The second-order valence-corrected chi connectivity index (χ2v) is 8.14. The van der Waals surface area contributed by atoms with E-state index in [1.54, 1.807) is 4.90 Å². The van der Waals surface area contributed by atoms with Gasteiger partial charge in [0, 0.05) is 37.6 Å². The van der Waals surface area contributed by atoms with Crippen LogP contribution in [0.15, 0.2) is 42.5 Å². The number of aromatic nitrogens is 1. The zero-order valence-electron chi connectivity index (χ0n) is 16.8. The SMILES string of the molecule is NC(=O)N1CCN(c2ccc(Nc3nc(N)c(C(=O)c4c(F)cccc4F)s3)cc2)CC1. The van der Waals surface area contributed by atoms with Crippen molar-refractivity contribution in [3.05, 3.63) is 64.5 Å². The van der Waals surface area contributed by atoms with Gasteiger partial charge in [-0.25, -0.2) is 18.6 Å². The monoisotopic (exact) mass is 458 g/mol. The number of nitrogens with two attached hydrogens (primary N) is 2. The highest BCUT2D eigenvalue weighted by Gasteiger charge is 2.24. The zero-order chi connectivity index (χ0) is 22.8. The summed E-state index contributed by atoms with van der Waals surface area (Å²) in [4.78, 5) is 31.7. The number of rotatable bonds is 5. The lowest BCUT2D eigenvalue weighted by atomic mass is 10.1. The van der Waals surface area contributed by atoms with Crippen LogP contribution < -0.4 is 21.7 Å². The van der Waals surface area contributed by atoms with Crippen LogP contribution in [0.2, 0.25) is 0 Å². The second-order valence-electron chi connectivity index (χ2n) is 7.14. The number of amides is 2. The van der Waals surface area contributed by atoms with E-state index in [0.29, 0.717) is 37.0 Å². The summed E-state index contributed by atoms with van der Waals surface area (Å²) in [6, 6.07) is 10.3. The first-order valence-corrected chi connectivity index (χ1v) is 10.6. The Labute approximate surface area is 186 Å². The standard InChI is InChI=1S/C21H20F2N6O2S/c22-14-2-1-3-15(23)16(14)17(30)18-19(24)27-21(32-18)26-12-4-6-13(7-5-12)28-8-10-29(11-9-28)20(25)31/h1-7H,8-11,24H2,(H2,25,31)(H,26,27). The average Bonchev–Trinajstić information content (AvgIpc) is 3.14. The van der Waals surface area contributed by atoms with Crippen molar-refractivity contribution in [2.45, 2.75) is 0 Å². The number of hydrogen-bond donors (Lipinski definition) is 3. The van der Waals surface area contributed by atoms with Crippen molar-refractivity contribution >= 4 is 45.5 Å². The van der Waals surface area contributed by atoms with Gasteiger partial charge in [0.15, 0.2) is 5.13 Å². The summed E-state index contributed by atoms with van der Waals surface area (Å²) in [6.45, 7) is 2.48. The summed E-state index contributed by atoms with van der Waals surface area (Å²) in [7, 11) is 0. The second kappa shape index (κ2) is 8.79. The van der Waals surface area contributed by atoms with Crippen LogP contribution in [-0.2, 0) is 0 Å². The highest BCUT2D eigenvalue weighted by molar-refractivity contribution is 7.18. The fourth-order valence-corrected chi connectivity index (χ4v) is 4.29. The summed E-state index contributed by atoms with van der Waals surface area (Å²) >= 11 is 0.920. The van der Waals surface area contributed by atoms with E-state index in [1.165, 1.54) is 6.07 Å². The van der Waals surface area contributed by atoms with Crippen molar-refractivity contribution in [2.75, 3.05) is 42.1 Å². The number of urea groups is 1. The predicted molar refractivity (Wildman–Crippen MR) is 119 cm³/mol. The molecule has 3 aromatic rings. The third kappa shape index (κ3) is 4.33. The molecule has 1 aromatic heterocycles. The molecule has 0 unspecified atom stereocenters. The molecule has 0 aliphatic carbocycles. The molecule has 8 nitrogen and oxygen atoms in total. The van der Waals surface area contributed by atoms with Gasteiger partial charge in [-0.2, -0.15) is 0 Å². The maximum absolute atomic E-state index is 14.0. The Bertz CT molecular complexity index is 1140. The minimum absolute atomic E-state index is 0.0413. The van der Waals surface area contributed by atoms with Gasteiger partial charge in [0.2, 0.25) is 5.78 Å². The number of nitrogen functional groups attached to an aromatic ring is 1. The van der Waals surface area contributed by atoms with E-state index in [-0.39, 0.29) is 10.7 Å². The number of piperazine rings is 1. The number of carbonyl (C=O) groups excluding carboxylic acids is 2. The lowest BCUT2D eigenvalue weighted by Gasteiger charge is -2.35. The Morgan fingerprint density at radius 2 is 1.62 bits per heavy atom. The van der Waals surface area contributed by atoms with E-state index in [2.05, 4.69) is 15.2 Å². The number of benzene rings is 2. The highest BCUT2D eigenvalue weighted by Crippen LogP contribution is 2.31. The summed E-state index contributed by atoms with van der Waals surface area (Å²) in [5.41, 5.74) is 12.2. The van der Waals surface area contributed by atoms with Gasteiger partial charge in [0.05, 0.1) is 5.56 Å². The molecule has 1 aliphatic rings. The molecule has 5 N–H and O–H groups in total. The molecule has 0 saturated carbocycles. The maximum atomic E-state index is 14.0. The van der Waals surface area contributed by atoms with Crippen LogP contribution in [0.5, 0.6) is 0 Å². The Hall–Kier alpha value is -3.73. The molecule has 11 heteroatoms. The fourth-order valence-electron chi connectivity index (χ4n) is 3.44. The van der Waals surface area contributed by atoms with Crippen molar-refractivity contribution in [1.82, 2.24) is 9.88 Å². The molecule has 32 heavy (non-hydrogen) atoms. The highest BCUT2D eigenvalue weighted by atomic mass is 32.1. The summed E-state index contributed by atoms with van der Waals surface area (Å²) < 4.78 is 27.9. The maximum Gasteiger partial charge on any atom is 0.314 e. The number of primary amides is 1. The van der Waals surface area contributed by atoms with Gasteiger partial charge in [0.25, 0.3) is 0 Å². The topological polar surface area (TPSA) is 118 Å². The van der Waals surface area contributed by atoms with Crippen LogP contribution in [0.4, 0.5) is 35.9 Å². The number of thiazole rings is 1. The summed E-state index contributed by atoms with van der Waals surface area (Å²) in [6.07, 6.45) is 0. The van der Waals surface area contributed by atoms with Gasteiger partial charge < -0.3 is 26.6 Å². The number of anilines is 4. The van der Waals surface area contributed by atoms with Crippen molar-refractivity contribution in [2.24, 2.45) is 5.73 Å². The van der Waals surface area contributed by atoms with Gasteiger partial charge in [-0.15, -0.1) is 0 Å². The first kappa shape index (κ1) is 21.5. The number of hydrogen-bond acceptors (Lipinski definition) is 7. The number of nitrogens with one attached hydrogen (secondary N) is 1. The first-order valence-electron chi connectivity index (χ1n) is 9.75. The number of carbonyl (C=O) groups is 2. The van der Waals surface area contributed by atoms with Gasteiger partial charge in [-0.3, -0.25) is 4.79 Å². The van der Waals surface area contributed by atoms with Crippen molar-refractivity contribution < 1.29 is 18.4 Å². The Kier molecular flexibility index (Phi) is 5.91. The number of ketones is 1. The van der Waals surface area contributed by atoms with Crippen LogP contribution in [-0.4, -0.2) is 47.9 Å². The molecule has 0 spiro atoms. The third-order valence-corrected chi connectivity index (χ3v) is 6.11. The van der Waals surface area contributed by atoms with Crippen LogP contribution in [0.25, 0.3) is 0 Å². The molecule has 1 fully saturated rings. The molecule has 2 aromatic carbocycles. The van der Waals surface area contributed by atoms with Gasteiger partial charge in [0.1, 0.15) is 22.3 Å². The van der Waals surface area contributed by atoms with E-state index in [0.717, 1.165) is 29.2 Å². The van der Waals surface area contributed by atoms with Gasteiger partial charge >= 0.3 is 6.03 Å². The molecule has 1 saturated heterocycles. The molecule has 2 amide bonds. The van der Waals surface area contributed by atoms with Crippen molar-refractivity contribution in [3.8, 4) is 0 Å². The number of nitrogens with zero attached hydrogens (tertiary/aromatic N) is 3. The summed E-state index contributed by atoms with van der Waals surface area (Å²) in [5.74, 6) is -2.86. The van der Waals surface area contributed by atoms with Crippen molar-refractivity contribution in [3.63, 3.8) is 0 Å². The van der Waals surface area contributed by atoms with E-state index in [9.17, 15) is 18.4 Å². The van der Waals surface area contributed by atoms with Gasteiger partial charge in [-0.05, 0) is 36.4 Å². The molecular formula is C21H20F2N6O2S. The first-order chi connectivity index (χ1) is 15.3. The number of halogens is 2. The van der Waals surface area contributed by atoms with E-state index in [1.807, 2.05) is 24.3 Å². The predicted octanol–water partition coefficient (Wildman–Crippen LogP) is 3.18. The van der Waals surface area contributed by atoms with Crippen LogP contribution >= 0.6 is 11.3 Å². The quantitative estimate of drug-likeness (QED) is 0.506. The smallest absolute Gasteiger partial charge is 0.314 e. The minimum atomic E-state index is -0.954. The van der Waals surface area contributed by atoms with E-state index < -0.39 is 29.0 Å². The molecule has 4 rings (SSSR count). The molecule has 166 valence electrons. The van der Waals surface area contributed by atoms with Gasteiger partial charge in [-0.1, -0.05) is 17.4 Å². The molecule has 1 aliphatic heterocycles. The Balaban J connectivity index is 1.45. The zero-order valence-corrected chi connectivity index (χ0v) is 17.7. The van der Waals surface area contributed by atoms with Crippen LogP contribution in [0.3, 0.4) is 0 Å². The molecule has 2 heterocycles. The average molecular weight is 458 g/mol. The fraction of sp³-hybridized carbons (Fsp3) is 0.190. The molecule has 0 radical (unpaired) electrons. The molecule has 0 atom stereocenters. The largest absolute Gasteiger partial charge is 0.382 e. The van der Waals surface area contributed by atoms with Crippen LogP contribution in [0, 0.1) is 11.6 Å². The lowest BCUT2D eigenvalue weighted by molar-refractivity contribution is 0.103. The normalized spacial score (nSPS) is 13.8. The van der Waals surface area contributed by atoms with E-state index in [4.69, 9.17) is 11.5 Å². The van der Waals surface area contributed by atoms with E-state index >= 15 is 0 Å².